The average molecular weight is 280 g/mol. The molecular weight excluding hydrogens is 272 g/mol. The van der Waals surface area contributed by atoms with Crippen molar-refractivity contribution in [2.75, 3.05) is 0 Å². The van der Waals surface area contributed by atoms with Gasteiger partial charge in [-0.3, -0.25) is 0 Å². The highest BCUT2D eigenvalue weighted by molar-refractivity contribution is 5.79. The standard InChI is InChI=1S/C14H8F4N2/c15-10-4-5-11-12(7-10)20-13(19-11)8-2-1-3-9(6-8)14(16,17)18/h1-7H,(H,19,20). The van der Waals surface area contributed by atoms with Gasteiger partial charge in [0.05, 0.1) is 16.6 Å². The maximum atomic E-state index is 13.1. The number of alkyl halides is 3. The molecule has 1 N–H and O–H groups in total. The first-order valence-corrected chi connectivity index (χ1v) is 5.76. The van der Waals surface area contributed by atoms with Crippen LogP contribution in [0.2, 0.25) is 0 Å². The molecule has 20 heavy (non-hydrogen) atoms. The molecule has 1 heterocycles. The van der Waals surface area contributed by atoms with E-state index in [0.29, 0.717) is 16.6 Å². The number of hydrogen-bond acceptors (Lipinski definition) is 1. The molecule has 2 nitrogen and oxygen atoms in total. The zero-order chi connectivity index (χ0) is 14.3. The highest BCUT2D eigenvalue weighted by Gasteiger charge is 2.30. The summed E-state index contributed by atoms with van der Waals surface area (Å²) < 4.78 is 51.1. The average Bonchev–Trinajstić information content (AvgIpc) is 2.81. The number of aromatic nitrogens is 2. The molecule has 0 aliphatic heterocycles. The predicted molar refractivity (Wildman–Crippen MR) is 66.5 cm³/mol. The summed E-state index contributed by atoms with van der Waals surface area (Å²) in [6.45, 7) is 0. The number of halogens is 4. The van der Waals surface area contributed by atoms with E-state index in [0.717, 1.165) is 12.1 Å². The molecule has 0 unspecified atom stereocenters. The van der Waals surface area contributed by atoms with Crippen LogP contribution in [0.3, 0.4) is 0 Å². The minimum absolute atomic E-state index is 0.275. The fraction of sp³-hybridized carbons (Fsp3) is 0.0714. The van der Waals surface area contributed by atoms with E-state index in [2.05, 4.69) is 9.97 Å². The minimum atomic E-state index is -4.41. The molecule has 0 radical (unpaired) electrons. The maximum absolute atomic E-state index is 13.1. The molecule has 2 aromatic carbocycles. The van der Waals surface area contributed by atoms with Gasteiger partial charge in [-0.1, -0.05) is 12.1 Å². The molecule has 0 saturated heterocycles. The molecule has 0 saturated carbocycles. The normalized spacial score (nSPS) is 12.0. The first kappa shape index (κ1) is 12.7. The maximum Gasteiger partial charge on any atom is 0.416 e. The van der Waals surface area contributed by atoms with Crippen LogP contribution in [0.5, 0.6) is 0 Å². The van der Waals surface area contributed by atoms with Crippen molar-refractivity contribution < 1.29 is 17.6 Å². The van der Waals surface area contributed by atoms with E-state index in [-0.39, 0.29) is 5.82 Å². The highest BCUT2D eigenvalue weighted by atomic mass is 19.4. The van der Waals surface area contributed by atoms with Crippen molar-refractivity contribution >= 4 is 11.0 Å². The SMILES string of the molecule is Fc1ccc2nc(-c3cccc(C(F)(F)F)c3)[nH]c2c1. The van der Waals surface area contributed by atoms with Crippen molar-refractivity contribution in [1.29, 1.82) is 0 Å². The molecule has 0 amide bonds. The summed E-state index contributed by atoms with van der Waals surface area (Å²) in [6.07, 6.45) is -4.41. The molecule has 0 bridgehead atoms. The zero-order valence-corrected chi connectivity index (χ0v) is 10.0. The van der Waals surface area contributed by atoms with Gasteiger partial charge < -0.3 is 4.98 Å². The number of nitrogens with one attached hydrogen (secondary N) is 1. The van der Waals surface area contributed by atoms with Gasteiger partial charge in [-0.05, 0) is 30.3 Å². The molecule has 1 aromatic heterocycles. The van der Waals surface area contributed by atoms with Gasteiger partial charge >= 0.3 is 6.18 Å². The van der Waals surface area contributed by atoms with E-state index in [1.54, 1.807) is 0 Å². The Hall–Kier alpha value is -2.37. The number of H-pyrrole nitrogens is 1. The van der Waals surface area contributed by atoms with Gasteiger partial charge in [-0.25, -0.2) is 9.37 Å². The second-order valence-corrected chi connectivity index (χ2v) is 4.33. The summed E-state index contributed by atoms with van der Waals surface area (Å²) in [4.78, 5) is 6.97. The Kier molecular flexibility index (Phi) is 2.74. The number of rotatable bonds is 1. The van der Waals surface area contributed by atoms with Crippen molar-refractivity contribution in [3.05, 3.63) is 53.8 Å². The van der Waals surface area contributed by atoms with Crippen LogP contribution in [-0.4, -0.2) is 9.97 Å². The molecule has 3 aromatic rings. The van der Waals surface area contributed by atoms with Crippen molar-refractivity contribution in [3.63, 3.8) is 0 Å². The topological polar surface area (TPSA) is 28.7 Å². The van der Waals surface area contributed by atoms with Crippen LogP contribution in [0.15, 0.2) is 42.5 Å². The third-order valence-corrected chi connectivity index (χ3v) is 2.91. The lowest BCUT2D eigenvalue weighted by atomic mass is 10.1. The summed E-state index contributed by atoms with van der Waals surface area (Å²) in [6, 6.07) is 8.80. The first-order chi connectivity index (χ1) is 9.43. The lowest BCUT2D eigenvalue weighted by Gasteiger charge is -2.07. The summed E-state index contributed by atoms with van der Waals surface area (Å²) in [5.74, 6) is -0.159. The van der Waals surface area contributed by atoms with Crippen LogP contribution in [0.1, 0.15) is 5.56 Å². The summed E-state index contributed by atoms with van der Waals surface area (Å²) in [5, 5.41) is 0. The van der Waals surface area contributed by atoms with Crippen LogP contribution in [0.25, 0.3) is 22.4 Å². The quantitative estimate of drug-likeness (QED) is 0.658. The third kappa shape index (κ3) is 2.24. The first-order valence-electron chi connectivity index (χ1n) is 5.76. The molecule has 6 heteroatoms. The highest BCUT2D eigenvalue weighted by Crippen LogP contribution is 2.31. The zero-order valence-electron chi connectivity index (χ0n) is 10.0. The van der Waals surface area contributed by atoms with Crippen LogP contribution < -0.4 is 0 Å². The smallest absolute Gasteiger partial charge is 0.338 e. The van der Waals surface area contributed by atoms with E-state index < -0.39 is 17.6 Å². The van der Waals surface area contributed by atoms with Crippen molar-refractivity contribution in [1.82, 2.24) is 9.97 Å². The van der Waals surface area contributed by atoms with Gasteiger partial charge in [-0.2, -0.15) is 13.2 Å². The molecule has 0 spiro atoms. The lowest BCUT2D eigenvalue weighted by molar-refractivity contribution is -0.137. The number of aromatic amines is 1. The summed E-state index contributed by atoms with van der Waals surface area (Å²) in [5.41, 5.74) is 0.495. The second-order valence-electron chi connectivity index (χ2n) is 4.33. The Bertz CT molecular complexity index is 774. The predicted octanol–water partition coefficient (Wildman–Crippen LogP) is 4.39. The molecular formula is C14H8F4N2. The second kappa shape index (κ2) is 4.33. The van der Waals surface area contributed by atoms with Gasteiger partial charge in [0.1, 0.15) is 11.6 Å². The van der Waals surface area contributed by atoms with Crippen LogP contribution in [-0.2, 0) is 6.18 Å². The van der Waals surface area contributed by atoms with Crippen LogP contribution in [0.4, 0.5) is 17.6 Å². The van der Waals surface area contributed by atoms with Gasteiger partial charge in [-0.15, -0.1) is 0 Å². The van der Waals surface area contributed by atoms with Crippen LogP contribution in [0, 0.1) is 5.82 Å². The Morgan fingerprint density at radius 2 is 1.80 bits per heavy atom. The minimum Gasteiger partial charge on any atom is -0.338 e. The molecule has 0 aliphatic carbocycles. The van der Waals surface area contributed by atoms with E-state index in [9.17, 15) is 17.6 Å². The van der Waals surface area contributed by atoms with Crippen LogP contribution >= 0.6 is 0 Å². The number of nitrogens with zero attached hydrogens (tertiary/aromatic N) is 1. The molecule has 0 aliphatic rings. The summed E-state index contributed by atoms with van der Waals surface area (Å²) in [7, 11) is 0. The lowest BCUT2D eigenvalue weighted by Crippen LogP contribution is -2.04. The number of hydrogen-bond donors (Lipinski definition) is 1. The number of benzene rings is 2. The molecule has 102 valence electrons. The van der Waals surface area contributed by atoms with Gasteiger partial charge in [0.2, 0.25) is 0 Å². The molecule has 0 atom stereocenters. The largest absolute Gasteiger partial charge is 0.416 e. The van der Waals surface area contributed by atoms with E-state index in [4.69, 9.17) is 0 Å². The van der Waals surface area contributed by atoms with Gasteiger partial charge in [0.25, 0.3) is 0 Å². The molecule has 0 fully saturated rings. The fourth-order valence-corrected chi connectivity index (χ4v) is 1.96. The Morgan fingerprint density at radius 3 is 2.55 bits per heavy atom. The number of fused-ring (bicyclic) bond motifs is 1. The van der Waals surface area contributed by atoms with E-state index in [1.165, 1.54) is 30.3 Å². The Labute approximate surface area is 111 Å². The van der Waals surface area contributed by atoms with Gasteiger partial charge in [0.15, 0.2) is 0 Å². The summed E-state index contributed by atoms with van der Waals surface area (Å²) >= 11 is 0. The Morgan fingerprint density at radius 1 is 1.00 bits per heavy atom. The van der Waals surface area contributed by atoms with Crippen molar-refractivity contribution in [2.45, 2.75) is 6.18 Å². The number of imidazole rings is 1. The van der Waals surface area contributed by atoms with E-state index >= 15 is 0 Å². The monoisotopic (exact) mass is 280 g/mol. The van der Waals surface area contributed by atoms with Crippen molar-refractivity contribution in [3.8, 4) is 11.4 Å². The van der Waals surface area contributed by atoms with Crippen molar-refractivity contribution in [2.24, 2.45) is 0 Å². The fourth-order valence-electron chi connectivity index (χ4n) is 1.96. The van der Waals surface area contributed by atoms with Gasteiger partial charge in [0, 0.05) is 5.56 Å². The van der Waals surface area contributed by atoms with E-state index in [1.807, 2.05) is 0 Å². The third-order valence-electron chi connectivity index (χ3n) is 2.91. The molecule has 3 rings (SSSR count). The Balaban J connectivity index is 2.11.